The Bertz CT molecular complexity index is 921. The van der Waals surface area contributed by atoms with Crippen LogP contribution in [0.4, 0.5) is 0 Å². The van der Waals surface area contributed by atoms with Crippen molar-refractivity contribution in [2.75, 3.05) is 20.2 Å². The number of rotatable bonds is 8. The smallest absolute Gasteiger partial charge is 0.217 e. The zero-order valence-corrected chi connectivity index (χ0v) is 17.7. The van der Waals surface area contributed by atoms with Gasteiger partial charge in [0.25, 0.3) is 0 Å². The van der Waals surface area contributed by atoms with Crippen molar-refractivity contribution in [1.82, 2.24) is 9.88 Å². The fraction of sp³-hybridized carbons (Fsp3) is 0.346. The van der Waals surface area contributed by atoms with E-state index in [1.165, 1.54) is 30.4 Å². The number of benzene rings is 2. The van der Waals surface area contributed by atoms with E-state index in [4.69, 9.17) is 9.47 Å². The van der Waals surface area contributed by atoms with Crippen LogP contribution in [0.1, 0.15) is 30.4 Å². The second-order valence-corrected chi connectivity index (χ2v) is 7.95. The molecule has 1 aliphatic rings. The van der Waals surface area contributed by atoms with E-state index in [-0.39, 0.29) is 0 Å². The first-order chi connectivity index (χ1) is 14.8. The normalized spacial score (nSPS) is 15.1. The van der Waals surface area contributed by atoms with Gasteiger partial charge in [-0.1, -0.05) is 42.5 Å². The van der Waals surface area contributed by atoms with Gasteiger partial charge in [0.15, 0.2) is 0 Å². The van der Waals surface area contributed by atoms with E-state index in [1.54, 1.807) is 13.3 Å². The maximum Gasteiger partial charge on any atom is 0.217 e. The fourth-order valence-corrected chi connectivity index (χ4v) is 4.19. The number of pyridine rings is 1. The molecule has 2 aromatic carbocycles. The van der Waals surface area contributed by atoms with Crippen LogP contribution in [0.5, 0.6) is 17.4 Å². The highest BCUT2D eigenvalue weighted by molar-refractivity contribution is 5.37. The summed E-state index contributed by atoms with van der Waals surface area (Å²) >= 11 is 0. The van der Waals surface area contributed by atoms with Crippen LogP contribution in [0, 0.1) is 5.92 Å². The molecule has 156 valence electrons. The van der Waals surface area contributed by atoms with Gasteiger partial charge in [0, 0.05) is 18.3 Å². The zero-order chi connectivity index (χ0) is 20.6. The van der Waals surface area contributed by atoms with E-state index in [9.17, 15) is 0 Å². The van der Waals surface area contributed by atoms with Gasteiger partial charge in [-0.2, -0.15) is 0 Å². The molecule has 0 unspecified atom stereocenters. The van der Waals surface area contributed by atoms with Crippen molar-refractivity contribution in [1.29, 1.82) is 0 Å². The number of hydrogen-bond donors (Lipinski definition) is 0. The summed E-state index contributed by atoms with van der Waals surface area (Å²) in [7, 11) is 1.69. The highest BCUT2D eigenvalue weighted by Crippen LogP contribution is 2.29. The Morgan fingerprint density at radius 3 is 2.43 bits per heavy atom. The first-order valence-electron chi connectivity index (χ1n) is 10.8. The Hall–Kier alpha value is -2.85. The Kier molecular flexibility index (Phi) is 6.99. The van der Waals surface area contributed by atoms with Gasteiger partial charge in [-0.05, 0) is 74.5 Å². The lowest BCUT2D eigenvalue weighted by Crippen LogP contribution is -2.33. The number of likely N-dealkylation sites (tertiary alicyclic amines) is 1. The van der Waals surface area contributed by atoms with Gasteiger partial charge in [-0.25, -0.2) is 4.98 Å². The van der Waals surface area contributed by atoms with Crippen LogP contribution >= 0.6 is 0 Å². The number of para-hydroxylation sites is 2. The average Bonchev–Trinajstić information content (AvgIpc) is 2.80. The lowest BCUT2D eigenvalue weighted by Gasteiger charge is -2.32. The number of aryl methyl sites for hydroxylation is 1. The second-order valence-electron chi connectivity index (χ2n) is 7.95. The first-order valence-corrected chi connectivity index (χ1v) is 10.8. The maximum absolute atomic E-state index is 6.13. The molecule has 0 aliphatic carbocycles. The highest BCUT2D eigenvalue weighted by Gasteiger charge is 2.20. The van der Waals surface area contributed by atoms with Crippen LogP contribution in [0.15, 0.2) is 72.9 Å². The van der Waals surface area contributed by atoms with Gasteiger partial charge in [-0.3, -0.25) is 4.90 Å². The summed E-state index contributed by atoms with van der Waals surface area (Å²) in [6.45, 7) is 3.17. The summed E-state index contributed by atoms with van der Waals surface area (Å²) in [4.78, 5) is 6.83. The largest absolute Gasteiger partial charge is 0.481 e. The van der Waals surface area contributed by atoms with Gasteiger partial charge in [-0.15, -0.1) is 0 Å². The van der Waals surface area contributed by atoms with Gasteiger partial charge in [0.05, 0.1) is 7.11 Å². The fourth-order valence-electron chi connectivity index (χ4n) is 4.19. The van der Waals surface area contributed by atoms with Gasteiger partial charge in [0.2, 0.25) is 5.88 Å². The van der Waals surface area contributed by atoms with Crippen LogP contribution in [-0.2, 0) is 13.0 Å². The van der Waals surface area contributed by atoms with E-state index in [0.29, 0.717) is 0 Å². The molecule has 0 radical (unpaired) electrons. The quantitative estimate of drug-likeness (QED) is 0.482. The molecular formula is C26H30N2O2. The zero-order valence-electron chi connectivity index (χ0n) is 17.7. The number of methoxy groups -OCH3 is 1. The molecule has 2 heterocycles. The van der Waals surface area contributed by atoms with Gasteiger partial charge in [0.1, 0.15) is 11.5 Å². The lowest BCUT2D eigenvalue weighted by atomic mass is 9.90. The van der Waals surface area contributed by atoms with Crippen LogP contribution in [-0.4, -0.2) is 30.1 Å². The lowest BCUT2D eigenvalue weighted by molar-refractivity contribution is 0.170. The number of piperidine rings is 1. The van der Waals surface area contributed by atoms with Crippen molar-refractivity contribution in [3.8, 4) is 17.4 Å². The molecular weight excluding hydrogens is 372 g/mol. The van der Waals surface area contributed by atoms with E-state index in [0.717, 1.165) is 49.4 Å². The minimum absolute atomic E-state index is 0.745. The third-order valence-electron chi connectivity index (χ3n) is 5.91. The molecule has 1 fully saturated rings. The molecule has 0 N–H and O–H groups in total. The summed E-state index contributed by atoms with van der Waals surface area (Å²) in [5.41, 5.74) is 2.47. The number of nitrogens with zero attached hydrogens (tertiary/aromatic N) is 2. The topological polar surface area (TPSA) is 34.6 Å². The van der Waals surface area contributed by atoms with Crippen molar-refractivity contribution in [2.45, 2.75) is 32.2 Å². The minimum atomic E-state index is 0.745. The monoisotopic (exact) mass is 402 g/mol. The molecule has 1 saturated heterocycles. The summed E-state index contributed by atoms with van der Waals surface area (Å²) in [6.07, 6.45) is 6.53. The minimum Gasteiger partial charge on any atom is -0.481 e. The summed E-state index contributed by atoms with van der Waals surface area (Å²) in [6, 6.07) is 22.6. The van der Waals surface area contributed by atoms with Crippen molar-refractivity contribution < 1.29 is 9.47 Å². The van der Waals surface area contributed by atoms with Crippen LogP contribution in [0.3, 0.4) is 0 Å². The Balaban J connectivity index is 1.28. The third kappa shape index (κ3) is 5.39. The van der Waals surface area contributed by atoms with E-state index in [1.807, 2.05) is 42.5 Å². The molecule has 1 aliphatic heterocycles. The molecule has 0 spiro atoms. The molecule has 3 aromatic rings. The molecule has 4 rings (SSSR count). The highest BCUT2D eigenvalue weighted by atomic mass is 16.5. The SMILES string of the molecule is COc1ncccc1CN1CCC(CCc2ccccc2Oc2ccccc2)CC1. The Labute approximate surface area is 179 Å². The molecule has 4 nitrogen and oxygen atoms in total. The second kappa shape index (κ2) is 10.3. The predicted molar refractivity (Wildman–Crippen MR) is 120 cm³/mol. The molecule has 0 bridgehead atoms. The first kappa shape index (κ1) is 20.4. The van der Waals surface area contributed by atoms with Gasteiger partial charge >= 0.3 is 0 Å². The standard InChI is InChI=1S/C26H30N2O2/c1-29-26-23(9-7-17-27-26)20-28-18-15-21(16-19-28)13-14-22-8-5-6-12-25(22)30-24-10-3-2-4-11-24/h2-12,17,21H,13-16,18-20H2,1H3. The van der Waals surface area contributed by atoms with Crippen LogP contribution in [0.2, 0.25) is 0 Å². The molecule has 4 heteroatoms. The number of aromatic nitrogens is 1. The summed E-state index contributed by atoms with van der Waals surface area (Å²) in [5, 5.41) is 0. The molecule has 30 heavy (non-hydrogen) atoms. The Morgan fingerprint density at radius 1 is 0.900 bits per heavy atom. The van der Waals surface area contributed by atoms with E-state index < -0.39 is 0 Å². The summed E-state index contributed by atoms with van der Waals surface area (Å²) in [5.74, 6) is 3.38. The number of hydrogen-bond acceptors (Lipinski definition) is 4. The molecule has 1 aromatic heterocycles. The molecule has 0 atom stereocenters. The van der Waals surface area contributed by atoms with Crippen LogP contribution < -0.4 is 9.47 Å². The van der Waals surface area contributed by atoms with Gasteiger partial charge < -0.3 is 9.47 Å². The maximum atomic E-state index is 6.13. The summed E-state index contributed by atoms with van der Waals surface area (Å²) < 4.78 is 11.5. The van der Waals surface area contributed by atoms with Crippen LogP contribution in [0.25, 0.3) is 0 Å². The predicted octanol–water partition coefficient (Wildman–Crippen LogP) is 5.73. The molecule has 0 amide bonds. The van der Waals surface area contributed by atoms with Crippen molar-refractivity contribution in [3.63, 3.8) is 0 Å². The van der Waals surface area contributed by atoms with E-state index >= 15 is 0 Å². The average molecular weight is 403 g/mol. The molecule has 0 saturated carbocycles. The van der Waals surface area contributed by atoms with E-state index in [2.05, 4.69) is 34.1 Å². The Morgan fingerprint density at radius 2 is 1.63 bits per heavy atom. The third-order valence-corrected chi connectivity index (χ3v) is 5.91. The number of ether oxygens (including phenoxy) is 2. The van der Waals surface area contributed by atoms with Crippen molar-refractivity contribution in [2.24, 2.45) is 5.92 Å². The van der Waals surface area contributed by atoms with Crippen molar-refractivity contribution >= 4 is 0 Å². The van der Waals surface area contributed by atoms with Crippen molar-refractivity contribution in [3.05, 3.63) is 84.1 Å².